The lowest BCUT2D eigenvalue weighted by atomic mass is 10.1. The van der Waals surface area contributed by atoms with Gasteiger partial charge in [-0.2, -0.15) is 0 Å². The number of carbonyl (C=O) groups excluding carboxylic acids is 1. The minimum atomic E-state index is -0.0191. The summed E-state index contributed by atoms with van der Waals surface area (Å²) >= 11 is 3.37. The number of nitrogen functional groups attached to an aromatic ring is 1. The van der Waals surface area contributed by atoms with E-state index in [-0.39, 0.29) is 5.91 Å². The van der Waals surface area contributed by atoms with Crippen molar-refractivity contribution in [1.82, 2.24) is 0 Å². The summed E-state index contributed by atoms with van der Waals surface area (Å²) in [5, 5.41) is 0. The second-order valence-corrected chi connectivity index (χ2v) is 6.19. The first kappa shape index (κ1) is 14.1. The molecule has 4 heteroatoms. The monoisotopic (exact) mass is 344 g/mol. The predicted octanol–water partition coefficient (Wildman–Crippen LogP) is 4.01. The third-order valence-corrected chi connectivity index (χ3v) is 4.34. The van der Waals surface area contributed by atoms with E-state index in [1.807, 2.05) is 29.2 Å². The predicted molar refractivity (Wildman–Crippen MR) is 89.6 cm³/mol. The number of nitrogens with two attached hydrogens (primary N) is 1. The molecule has 21 heavy (non-hydrogen) atoms. The second-order valence-electron chi connectivity index (χ2n) is 5.27. The summed E-state index contributed by atoms with van der Waals surface area (Å²) in [6.45, 7) is 0.741. The normalized spacial score (nSPS) is 14.4. The number of halogens is 1. The fraction of sp³-hybridized carbons (Fsp3) is 0.235. The van der Waals surface area contributed by atoms with Crippen molar-refractivity contribution in [3.05, 3.63) is 58.1 Å². The van der Waals surface area contributed by atoms with Gasteiger partial charge in [-0.3, -0.25) is 4.79 Å². The summed E-state index contributed by atoms with van der Waals surface area (Å²) in [5.74, 6) is -0.0191. The van der Waals surface area contributed by atoms with Crippen LogP contribution in [0, 0.1) is 0 Å². The lowest BCUT2D eigenvalue weighted by molar-refractivity contribution is 0.0988. The maximum atomic E-state index is 12.9. The Morgan fingerprint density at radius 1 is 1.14 bits per heavy atom. The van der Waals surface area contributed by atoms with Gasteiger partial charge in [0.25, 0.3) is 5.91 Å². The van der Waals surface area contributed by atoms with Gasteiger partial charge in [-0.25, -0.2) is 0 Å². The molecule has 1 aliphatic rings. The maximum Gasteiger partial charge on any atom is 0.260 e. The highest BCUT2D eigenvalue weighted by atomic mass is 79.9. The molecule has 0 aromatic heterocycles. The summed E-state index contributed by atoms with van der Waals surface area (Å²) in [5.41, 5.74) is 9.34. The topological polar surface area (TPSA) is 46.3 Å². The molecule has 3 rings (SSSR count). The molecule has 108 valence electrons. The molecule has 0 saturated carbocycles. The molecule has 0 atom stereocenters. The summed E-state index contributed by atoms with van der Waals surface area (Å²) < 4.78 is 0.882. The Morgan fingerprint density at radius 3 is 2.76 bits per heavy atom. The quantitative estimate of drug-likeness (QED) is 0.794. The third kappa shape index (κ3) is 2.81. The van der Waals surface area contributed by atoms with E-state index in [0.29, 0.717) is 11.3 Å². The number of amides is 1. The molecule has 2 aromatic carbocycles. The van der Waals surface area contributed by atoms with Crippen LogP contribution >= 0.6 is 15.9 Å². The summed E-state index contributed by atoms with van der Waals surface area (Å²) in [6, 6.07) is 13.6. The number of anilines is 2. The molecule has 3 nitrogen and oxygen atoms in total. The van der Waals surface area contributed by atoms with E-state index >= 15 is 0 Å². The zero-order valence-electron chi connectivity index (χ0n) is 11.7. The Hall–Kier alpha value is -1.81. The van der Waals surface area contributed by atoms with Gasteiger partial charge in [-0.1, -0.05) is 34.1 Å². The molecule has 1 heterocycles. The number of benzene rings is 2. The summed E-state index contributed by atoms with van der Waals surface area (Å²) in [6.07, 6.45) is 3.14. The zero-order chi connectivity index (χ0) is 14.8. The van der Waals surface area contributed by atoms with Gasteiger partial charge in [0.05, 0.1) is 5.56 Å². The highest BCUT2D eigenvalue weighted by molar-refractivity contribution is 9.10. The van der Waals surface area contributed by atoms with Crippen molar-refractivity contribution in [2.45, 2.75) is 19.3 Å². The number of nitrogens with zero attached hydrogens (tertiary/aromatic N) is 1. The van der Waals surface area contributed by atoms with Crippen LogP contribution in [0.5, 0.6) is 0 Å². The average molecular weight is 345 g/mol. The lowest BCUT2D eigenvalue weighted by Gasteiger charge is -2.23. The molecule has 0 saturated heterocycles. The minimum Gasteiger partial charge on any atom is -0.398 e. The smallest absolute Gasteiger partial charge is 0.260 e. The SMILES string of the molecule is Nc1cc(Br)ccc1C(=O)N1CCCCc2ccccc21. The first-order valence-electron chi connectivity index (χ1n) is 7.11. The molecular weight excluding hydrogens is 328 g/mol. The van der Waals surface area contributed by atoms with E-state index in [0.717, 1.165) is 36.0 Å². The number of hydrogen-bond acceptors (Lipinski definition) is 2. The highest BCUT2D eigenvalue weighted by Crippen LogP contribution is 2.29. The van der Waals surface area contributed by atoms with E-state index in [4.69, 9.17) is 5.73 Å². The van der Waals surface area contributed by atoms with Crippen LogP contribution < -0.4 is 10.6 Å². The molecule has 0 spiro atoms. The van der Waals surface area contributed by atoms with Crippen molar-refractivity contribution in [2.75, 3.05) is 17.2 Å². The molecule has 0 bridgehead atoms. The van der Waals surface area contributed by atoms with Crippen LogP contribution in [0.3, 0.4) is 0 Å². The van der Waals surface area contributed by atoms with Gasteiger partial charge in [-0.15, -0.1) is 0 Å². The first-order chi connectivity index (χ1) is 10.2. The van der Waals surface area contributed by atoms with Crippen molar-refractivity contribution >= 4 is 33.2 Å². The number of rotatable bonds is 1. The van der Waals surface area contributed by atoms with Crippen molar-refractivity contribution in [2.24, 2.45) is 0 Å². The van der Waals surface area contributed by atoms with Crippen molar-refractivity contribution in [3.63, 3.8) is 0 Å². The zero-order valence-corrected chi connectivity index (χ0v) is 13.3. The van der Waals surface area contributed by atoms with Gasteiger partial charge in [0.1, 0.15) is 0 Å². The molecule has 1 aliphatic heterocycles. The number of fused-ring (bicyclic) bond motifs is 1. The molecule has 2 aromatic rings. The van der Waals surface area contributed by atoms with Crippen LogP contribution in [0.4, 0.5) is 11.4 Å². The van der Waals surface area contributed by atoms with E-state index in [1.54, 1.807) is 12.1 Å². The van der Waals surface area contributed by atoms with Crippen LogP contribution in [0.15, 0.2) is 46.9 Å². The molecule has 2 N–H and O–H groups in total. The highest BCUT2D eigenvalue weighted by Gasteiger charge is 2.23. The van der Waals surface area contributed by atoms with Crippen LogP contribution in [0.2, 0.25) is 0 Å². The van der Waals surface area contributed by atoms with E-state index in [1.165, 1.54) is 5.56 Å². The second kappa shape index (κ2) is 5.90. The Bertz CT molecular complexity index is 684. The van der Waals surface area contributed by atoms with Crippen molar-refractivity contribution in [3.8, 4) is 0 Å². The van der Waals surface area contributed by atoms with Crippen molar-refractivity contribution < 1.29 is 4.79 Å². The Morgan fingerprint density at radius 2 is 1.95 bits per heavy atom. The van der Waals surface area contributed by atoms with E-state index < -0.39 is 0 Å². The van der Waals surface area contributed by atoms with Crippen LogP contribution in [0.25, 0.3) is 0 Å². The number of aryl methyl sites for hydroxylation is 1. The van der Waals surface area contributed by atoms with Gasteiger partial charge < -0.3 is 10.6 Å². The minimum absolute atomic E-state index is 0.0191. The summed E-state index contributed by atoms with van der Waals surface area (Å²) in [4.78, 5) is 14.7. The standard InChI is InChI=1S/C17H17BrN2O/c18-13-8-9-14(15(19)11-13)17(21)20-10-4-3-6-12-5-1-2-7-16(12)20/h1-2,5,7-9,11H,3-4,6,10,19H2. The van der Waals surface area contributed by atoms with Gasteiger partial charge >= 0.3 is 0 Å². The largest absolute Gasteiger partial charge is 0.398 e. The number of carbonyl (C=O) groups is 1. The molecule has 0 unspecified atom stereocenters. The Labute approximate surface area is 132 Å². The van der Waals surface area contributed by atoms with E-state index in [2.05, 4.69) is 22.0 Å². The van der Waals surface area contributed by atoms with Gasteiger partial charge in [0.15, 0.2) is 0 Å². The van der Waals surface area contributed by atoms with Gasteiger partial charge in [0, 0.05) is 22.4 Å². The van der Waals surface area contributed by atoms with Gasteiger partial charge in [-0.05, 0) is 49.1 Å². The molecule has 0 radical (unpaired) electrons. The Balaban J connectivity index is 2.01. The maximum absolute atomic E-state index is 12.9. The first-order valence-corrected chi connectivity index (χ1v) is 7.91. The lowest BCUT2D eigenvalue weighted by Crippen LogP contribution is -2.32. The third-order valence-electron chi connectivity index (χ3n) is 3.85. The van der Waals surface area contributed by atoms with Gasteiger partial charge in [0.2, 0.25) is 0 Å². The van der Waals surface area contributed by atoms with Crippen LogP contribution in [-0.2, 0) is 6.42 Å². The van der Waals surface area contributed by atoms with Crippen LogP contribution in [0.1, 0.15) is 28.8 Å². The van der Waals surface area contributed by atoms with E-state index in [9.17, 15) is 4.79 Å². The fourth-order valence-electron chi connectivity index (χ4n) is 2.78. The average Bonchev–Trinajstić information content (AvgIpc) is 2.69. The molecule has 1 amide bonds. The molecule has 0 fully saturated rings. The fourth-order valence-corrected chi connectivity index (χ4v) is 3.15. The van der Waals surface area contributed by atoms with Crippen LogP contribution in [-0.4, -0.2) is 12.5 Å². The molecular formula is C17H17BrN2O. The summed E-state index contributed by atoms with van der Waals surface area (Å²) in [7, 11) is 0. The Kier molecular flexibility index (Phi) is 3.97. The number of hydrogen-bond donors (Lipinski definition) is 1. The number of para-hydroxylation sites is 1. The molecule has 0 aliphatic carbocycles. The van der Waals surface area contributed by atoms with Crippen molar-refractivity contribution in [1.29, 1.82) is 0 Å².